The molecule has 94 valence electrons. The Morgan fingerprint density at radius 1 is 1.35 bits per heavy atom. The molecule has 1 unspecified atom stereocenters. The summed E-state index contributed by atoms with van der Waals surface area (Å²) in [6.07, 6.45) is 1.03. The van der Waals surface area contributed by atoms with Crippen LogP contribution in [0.15, 0.2) is 30.3 Å². The van der Waals surface area contributed by atoms with Gasteiger partial charge >= 0.3 is 0 Å². The zero-order chi connectivity index (χ0) is 12.7. The molecule has 0 fully saturated rings. The van der Waals surface area contributed by atoms with Crippen LogP contribution < -0.4 is 0 Å². The van der Waals surface area contributed by atoms with Crippen molar-refractivity contribution in [3.8, 4) is 0 Å². The Hall–Kier alpha value is -1.35. The van der Waals surface area contributed by atoms with Gasteiger partial charge < -0.3 is 9.64 Å². The minimum absolute atomic E-state index is 0.359. The largest absolute Gasteiger partial charge is 0.383 e. The number of nitrogens with zero attached hydrogens (tertiary/aromatic N) is 1. The average Bonchev–Trinajstić information content (AvgIpc) is 2.39. The quantitative estimate of drug-likeness (QED) is 0.607. The molecule has 0 aliphatic heterocycles. The first-order valence-electron chi connectivity index (χ1n) is 6.10. The molecular weight excluding hydrogens is 212 g/mol. The van der Waals surface area contributed by atoms with E-state index in [1.807, 2.05) is 30.3 Å². The van der Waals surface area contributed by atoms with Crippen LogP contribution >= 0.6 is 0 Å². The summed E-state index contributed by atoms with van der Waals surface area (Å²) in [5, 5.41) is 8.27. The molecular formula is C14H22N2O. The molecule has 0 spiro atoms. The second-order valence-electron chi connectivity index (χ2n) is 4.16. The standard InChI is InChI=1S/C14H22N2O/c1-4-12(2)16(10-11-17-3)14(15)13-8-6-5-7-9-13/h5-9,12,15H,4,10-11H2,1-3H3. The number of amidine groups is 1. The molecule has 0 saturated carbocycles. The Balaban J connectivity index is 2.79. The number of hydrogen-bond acceptors (Lipinski definition) is 2. The van der Waals surface area contributed by atoms with Gasteiger partial charge in [-0.05, 0) is 13.3 Å². The van der Waals surface area contributed by atoms with E-state index in [4.69, 9.17) is 10.1 Å². The summed E-state index contributed by atoms with van der Waals surface area (Å²) in [7, 11) is 1.70. The Kier molecular flexibility index (Phi) is 5.70. The summed E-state index contributed by atoms with van der Waals surface area (Å²) in [4.78, 5) is 2.10. The van der Waals surface area contributed by atoms with Crippen molar-refractivity contribution in [3.63, 3.8) is 0 Å². The number of rotatable bonds is 6. The predicted octanol–water partition coefficient (Wildman–Crippen LogP) is 2.76. The first-order valence-corrected chi connectivity index (χ1v) is 6.10. The van der Waals surface area contributed by atoms with Crippen LogP contribution in [-0.2, 0) is 4.74 Å². The Morgan fingerprint density at radius 3 is 2.53 bits per heavy atom. The fourth-order valence-corrected chi connectivity index (χ4v) is 1.72. The number of ether oxygens (including phenoxy) is 1. The highest BCUT2D eigenvalue weighted by Crippen LogP contribution is 2.10. The second-order valence-corrected chi connectivity index (χ2v) is 4.16. The van der Waals surface area contributed by atoms with Crippen LogP contribution in [-0.4, -0.2) is 37.0 Å². The van der Waals surface area contributed by atoms with Gasteiger partial charge in [0.05, 0.1) is 6.61 Å². The van der Waals surface area contributed by atoms with E-state index in [9.17, 15) is 0 Å². The molecule has 1 aromatic rings. The van der Waals surface area contributed by atoms with E-state index in [0.717, 1.165) is 18.5 Å². The van der Waals surface area contributed by atoms with Crippen LogP contribution in [0.2, 0.25) is 0 Å². The number of benzene rings is 1. The van der Waals surface area contributed by atoms with E-state index < -0.39 is 0 Å². The van der Waals surface area contributed by atoms with Crippen LogP contribution in [0, 0.1) is 5.41 Å². The van der Waals surface area contributed by atoms with Gasteiger partial charge in [0.25, 0.3) is 0 Å². The minimum atomic E-state index is 0.359. The highest BCUT2D eigenvalue weighted by Gasteiger charge is 2.16. The molecule has 0 aliphatic rings. The average molecular weight is 234 g/mol. The lowest BCUT2D eigenvalue weighted by Crippen LogP contribution is -2.40. The maximum atomic E-state index is 8.27. The van der Waals surface area contributed by atoms with Crippen LogP contribution in [0.4, 0.5) is 0 Å². The van der Waals surface area contributed by atoms with Gasteiger partial charge in [-0.25, -0.2) is 0 Å². The predicted molar refractivity (Wildman–Crippen MR) is 71.6 cm³/mol. The highest BCUT2D eigenvalue weighted by atomic mass is 16.5. The SMILES string of the molecule is CCC(C)N(CCOC)C(=N)c1ccccc1. The lowest BCUT2D eigenvalue weighted by atomic mass is 10.1. The zero-order valence-electron chi connectivity index (χ0n) is 10.9. The first kappa shape index (κ1) is 13.7. The summed E-state index contributed by atoms with van der Waals surface area (Å²) in [6.45, 7) is 5.70. The van der Waals surface area contributed by atoms with Gasteiger partial charge in [0.15, 0.2) is 0 Å². The van der Waals surface area contributed by atoms with Gasteiger partial charge in [0, 0.05) is 25.3 Å². The van der Waals surface area contributed by atoms with Crippen molar-refractivity contribution in [2.24, 2.45) is 0 Å². The van der Waals surface area contributed by atoms with Crippen molar-refractivity contribution < 1.29 is 4.74 Å². The molecule has 3 nitrogen and oxygen atoms in total. The van der Waals surface area contributed by atoms with Gasteiger partial charge in [-0.15, -0.1) is 0 Å². The van der Waals surface area contributed by atoms with E-state index in [1.165, 1.54) is 0 Å². The molecule has 1 atom stereocenters. The Morgan fingerprint density at radius 2 is 2.00 bits per heavy atom. The summed E-state index contributed by atoms with van der Waals surface area (Å²) in [5.41, 5.74) is 0.962. The molecule has 1 aromatic carbocycles. The van der Waals surface area contributed by atoms with E-state index >= 15 is 0 Å². The Labute approximate surface area is 104 Å². The normalized spacial score (nSPS) is 12.2. The van der Waals surface area contributed by atoms with Crippen LogP contribution in [0.3, 0.4) is 0 Å². The van der Waals surface area contributed by atoms with Gasteiger partial charge in [-0.3, -0.25) is 5.41 Å². The van der Waals surface area contributed by atoms with Crippen LogP contribution in [0.1, 0.15) is 25.8 Å². The lowest BCUT2D eigenvalue weighted by molar-refractivity contribution is 0.163. The third-order valence-corrected chi connectivity index (χ3v) is 2.99. The fraction of sp³-hybridized carbons (Fsp3) is 0.500. The maximum absolute atomic E-state index is 8.27. The molecule has 1 rings (SSSR count). The molecule has 1 N–H and O–H groups in total. The zero-order valence-corrected chi connectivity index (χ0v) is 10.9. The summed E-state index contributed by atoms with van der Waals surface area (Å²) in [6, 6.07) is 10.2. The third kappa shape index (κ3) is 3.86. The van der Waals surface area contributed by atoms with Gasteiger partial charge in [0.1, 0.15) is 5.84 Å². The minimum Gasteiger partial charge on any atom is -0.383 e. The van der Waals surface area contributed by atoms with Crippen molar-refractivity contribution in [2.75, 3.05) is 20.3 Å². The molecule has 0 amide bonds. The van der Waals surface area contributed by atoms with E-state index in [1.54, 1.807) is 7.11 Å². The molecule has 0 aromatic heterocycles. The molecule has 17 heavy (non-hydrogen) atoms. The summed E-state index contributed by atoms with van der Waals surface area (Å²) >= 11 is 0. The lowest BCUT2D eigenvalue weighted by Gasteiger charge is -2.30. The maximum Gasteiger partial charge on any atom is 0.128 e. The summed E-state index contributed by atoms with van der Waals surface area (Å²) in [5.74, 6) is 0.581. The van der Waals surface area contributed by atoms with Crippen LogP contribution in [0.5, 0.6) is 0 Å². The van der Waals surface area contributed by atoms with E-state index in [2.05, 4.69) is 18.7 Å². The van der Waals surface area contributed by atoms with Gasteiger partial charge in [-0.1, -0.05) is 37.3 Å². The van der Waals surface area contributed by atoms with E-state index in [-0.39, 0.29) is 0 Å². The van der Waals surface area contributed by atoms with Crippen molar-refractivity contribution >= 4 is 5.84 Å². The number of methoxy groups -OCH3 is 1. The van der Waals surface area contributed by atoms with Crippen molar-refractivity contribution in [3.05, 3.63) is 35.9 Å². The molecule has 3 heteroatoms. The topological polar surface area (TPSA) is 36.3 Å². The molecule has 0 heterocycles. The summed E-state index contributed by atoms with van der Waals surface area (Å²) < 4.78 is 5.11. The fourth-order valence-electron chi connectivity index (χ4n) is 1.72. The van der Waals surface area contributed by atoms with Crippen molar-refractivity contribution in [2.45, 2.75) is 26.3 Å². The molecule has 0 aliphatic carbocycles. The second kappa shape index (κ2) is 7.07. The van der Waals surface area contributed by atoms with Crippen molar-refractivity contribution in [1.29, 1.82) is 5.41 Å². The third-order valence-electron chi connectivity index (χ3n) is 2.99. The van der Waals surface area contributed by atoms with Crippen molar-refractivity contribution in [1.82, 2.24) is 4.90 Å². The van der Waals surface area contributed by atoms with Gasteiger partial charge in [-0.2, -0.15) is 0 Å². The highest BCUT2D eigenvalue weighted by molar-refractivity contribution is 5.96. The molecule has 0 radical (unpaired) electrons. The number of hydrogen-bond donors (Lipinski definition) is 1. The molecule has 0 saturated heterocycles. The monoisotopic (exact) mass is 234 g/mol. The van der Waals surface area contributed by atoms with Gasteiger partial charge in [0.2, 0.25) is 0 Å². The Bertz CT molecular complexity index is 337. The van der Waals surface area contributed by atoms with E-state index in [0.29, 0.717) is 18.5 Å². The number of nitrogens with one attached hydrogen (secondary N) is 1. The van der Waals surface area contributed by atoms with Crippen LogP contribution in [0.25, 0.3) is 0 Å². The smallest absolute Gasteiger partial charge is 0.128 e. The molecule has 0 bridgehead atoms. The first-order chi connectivity index (χ1) is 8.20.